The van der Waals surface area contributed by atoms with Gasteiger partial charge in [0.05, 0.1) is 26.0 Å². The van der Waals surface area contributed by atoms with Crippen LogP contribution in [0.15, 0.2) is 47.1 Å². The van der Waals surface area contributed by atoms with Crippen molar-refractivity contribution in [2.24, 2.45) is 0 Å². The standard InChI is InChI=1S/C15H18N2O3/c1-2-19-13-7-5-12(6-8-13)17-15(18)11-16-10-14-4-3-9-20-14/h3-9,16H,2,10-11H2,1H3,(H,17,18). The second kappa shape index (κ2) is 7.35. The molecule has 0 saturated heterocycles. The van der Waals surface area contributed by atoms with E-state index in [2.05, 4.69) is 10.6 Å². The molecule has 0 unspecified atom stereocenters. The van der Waals surface area contributed by atoms with Crippen LogP contribution in [0.1, 0.15) is 12.7 Å². The van der Waals surface area contributed by atoms with Crippen molar-refractivity contribution >= 4 is 11.6 Å². The minimum atomic E-state index is -0.0966. The zero-order chi connectivity index (χ0) is 14.2. The fraction of sp³-hybridized carbons (Fsp3) is 0.267. The summed E-state index contributed by atoms with van der Waals surface area (Å²) in [5, 5.41) is 5.81. The molecule has 0 fully saturated rings. The number of anilines is 1. The Balaban J connectivity index is 1.73. The molecule has 0 saturated carbocycles. The molecule has 0 aliphatic heterocycles. The van der Waals surface area contributed by atoms with E-state index in [9.17, 15) is 4.79 Å². The van der Waals surface area contributed by atoms with Crippen molar-refractivity contribution in [2.45, 2.75) is 13.5 Å². The normalized spacial score (nSPS) is 10.2. The van der Waals surface area contributed by atoms with Crippen LogP contribution in [0.2, 0.25) is 0 Å². The minimum Gasteiger partial charge on any atom is -0.494 e. The van der Waals surface area contributed by atoms with Gasteiger partial charge in [0.2, 0.25) is 5.91 Å². The molecule has 2 rings (SSSR count). The smallest absolute Gasteiger partial charge is 0.238 e. The first-order chi connectivity index (χ1) is 9.78. The van der Waals surface area contributed by atoms with Crippen molar-refractivity contribution in [3.05, 3.63) is 48.4 Å². The van der Waals surface area contributed by atoms with Gasteiger partial charge in [-0.1, -0.05) is 0 Å². The Morgan fingerprint density at radius 2 is 2.05 bits per heavy atom. The second-order valence-electron chi connectivity index (χ2n) is 4.19. The monoisotopic (exact) mass is 274 g/mol. The summed E-state index contributed by atoms with van der Waals surface area (Å²) in [5.74, 6) is 1.50. The van der Waals surface area contributed by atoms with Crippen LogP contribution < -0.4 is 15.4 Å². The van der Waals surface area contributed by atoms with E-state index in [1.807, 2.05) is 43.3 Å². The maximum atomic E-state index is 11.7. The van der Waals surface area contributed by atoms with Crippen LogP contribution in [0, 0.1) is 0 Å². The van der Waals surface area contributed by atoms with Crippen molar-refractivity contribution < 1.29 is 13.9 Å². The van der Waals surface area contributed by atoms with Crippen LogP contribution in [0.25, 0.3) is 0 Å². The highest BCUT2D eigenvalue weighted by atomic mass is 16.5. The van der Waals surface area contributed by atoms with Crippen molar-refractivity contribution in [1.29, 1.82) is 0 Å². The summed E-state index contributed by atoms with van der Waals surface area (Å²) in [6, 6.07) is 11.0. The lowest BCUT2D eigenvalue weighted by Crippen LogP contribution is -2.27. The second-order valence-corrected chi connectivity index (χ2v) is 4.19. The van der Waals surface area contributed by atoms with Gasteiger partial charge in [0.1, 0.15) is 11.5 Å². The number of hydrogen-bond donors (Lipinski definition) is 2. The molecule has 1 aromatic heterocycles. The average molecular weight is 274 g/mol. The maximum absolute atomic E-state index is 11.7. The highest BCUT2D eigenvalue weighted by Gasteiger charge is 2.03. The Morgan fingerprint density at radius 3 is 2.70 bits per heavy atom. The predicted octanol–water partition coefficient (Wildman–Crippen LogP) is 2.41. The fourth-order valence-corrected chi connectivity index (χ4v) is 1.72. The van der Waals surface area contributed by atoms with Crippen molar-refractivity contribution in [3.63, 3.8) is 0 Å². The Labute approximate surface area is 117 Å². The number of carbonyl (C=O) groups excluding carboxylic acids is 1. The third-order valence-corrected chi connectivity index (χ3v) is 2.61. The minimum absolute atomic E-state index is 0.0966. The van der Waals surface area contributed by atoms with Crippen LogP contribution in [0.3, 0.4) is 0 Å². The number of carbonyl (C=O) groups is 1. The largest absolute Gasteiger partial charge is 0.494 e. The highest BCUT2D eigenvalue weighted by Crippen LogP contribution is 2.15. The van der Waals surface area contributed by atoms with E-state index in [0.717, 1.165) is 17.2 Å². The summed E-state index contributed by atoms with van der Waals surface area (Å²) in [5.41, 5.74) is 0.748. The molecule has 0 atom stereocenters. The van der Waals surface area contributed by atoms with E-state index >= 15 is 0 Å². The quantitative estimate of drug-likeness (QED) is 0.814. The number of hydrogen-bond acceptors (Lipinski definition) is 4. The Morgan fingerprint density at radius 1 is 1.25 bits per heavy atom. The molecule has 1 heterocycles. The van der Waals surface area contributed by atoms with Gasteiger partial charge in [-0.15, -0.1) is 0 Å². The molecule has 0 spiro atoms. The predicted molar refractivity (Wildman–Crippen MR) is 76.7 cm³/mol. The molecule has 106 valence electrons. The van der Waals surface area contributed by atoms with E-state index in [4.69, 9.17) is 9.15 Å². The van der Waals surface area contributed by atoms with Gasteiger partial charge in [0.15, 0.2) is 0 Å². The molecule has 1 amide bonds. The number of amides is 1. The van der Waals surface area contributed by atoms with Gasteiger partial charge in [0, 0.05) is 5.69 Å². The Bertz CT molecular complexity index is 521. The van der Waals surface area contributed by atoms with E-state index in [-0.39, 0.29) is 12.5 Å². The average Bonchev–Trinajstić information content (AvgIpc) is 2.94. The van der Waals surface area contributed by atoms with Crippen LogP contribution >= 0.6 is 0 Å². The van der Waals surface area contributed by atoms with Gasteiger partial charge in [-0.3, -0.25) is 4.79 Å². The molecule has 0 bridgehead atoms. The topological polar surface area (TPSA) is 63.5 Å². The van der Waals surface area contributed by atoms with Crippen LogP contribution in [-0.4, -0.2) is 19.1 Å². The summed E-state index contributed by atoms with van der Waals surface area (Å²) >= 11 is 0. The van der Waals surface area contributed by atoms with E-state index in [1.54, 1.807) is 6.26 Å². The first-order valence-electron chi connectivity index (χ1n) is 6.53. The Kier molecular flexibility index (Phi) is 5.20. The van der Waals surface area contributed by atoms with Gasteiger partial charge in [-0.05, 0) is 43.3 Å². The van der Waals surface area contributed by atoms with Crippen molar-refractivity contribution in [2.75, 3.05) is 18.5 Å². The molecule has 5 heteroatoms. The van der Waals surface area contributed by atoms with Gasteiger partial charge < -0.3 is 19.8 Å². The summed E-state index contributed by atoms with van der Waals surface area (Å²) in [4.78, 5) is 11.7. The first kappa shape index (κ1) is 14.1. The van der Waals surface area contributed by atoms with Gasteiger partial charge in [-0.2, -0.15) is 0 Å². The summed E-state index contributed by atoms with van der Waals surface area (Å²) in [7, 11) is 0. The molecule has 5 nitrogen and oxygen atoms in total. The molecule has 0 aliphatic carbocycles. The third-order valence-electron chi connectivity index (χ3n) is 2.61. The Hall–Kier alpha value is -2.27. The highest BCUT2D eigenvalue weighted by molar-refractivity contribution is 5.92. The SMILES string of the molecule is CCOc1ccc(NC(=O)CNCc2ccco2)cc1. The third kappa shape index (κ3) is 4.44. The number of ether oxygens (including phenoxy) is 1. The van der Waals surface area contributed by atoms with E-state index in [1.165, 1.54) is 0 Å². The van der Waals surface area contributed by atoms with E-state index < -0.39 is 0 Å². The lowest BCUT2D eigenvalue weighted by atomic mass is 10.3. The number of nitrogens with one attached hydrogen (secondary N) is 2. The zero-order valence-corrected chi connectivity index (χ0v) is 11.4. The lowest BCUT2D eigenvalue weighted by Gasteiger charge is -2.07. The van der Waals surface area contributed by atoms with Gasteiger partial charge in [0.25, 0.3) is 0 Å². The fourth-order valence-electron chi connectivity index (χ4n) is 1.72. The van der Waals surface area contributed by atoms with Gasteiger partial charge in [-0.25, -0.2) is 0 Å². The molecule has 2 N–H and O–H groups in total. The van der Waals surface area contributed by atoms with Crippen LogP contribution in [0.4, 0.5) is 5.69 Å². The molecule has 1 aromatic carbocycles. The van der Waals surface area contributed by atoms with Gasteiger partial charge >= 0.3 is 0 Å². The number of benzene rings is 1. The van der Waals surface area contributed by atoms with Crippen molar-refractivity contribution in [3.8, 4) is 5.75 Å². The summed E-state index contributed by atoms with van der Waals surface area (Å²) in [6.07, 6.45) is 1.61. The molecule has 0 radical (unpaired) electrons. The molecule has 0 aliphatic rings. The van der Waals surface area contributed by atoms with Crippen molar-refractivity contribution in [1.82, 2.24) is 5.32 Å². The number of furan rings is 1. The molecule has 2 aromatic rings. The molecular weight excluding hydrogens is 256 g/mol. The van der Waals surface area contributed by atoms with Crippen LogP contribution in [0.5, 0.6) is 5.75 Å². The zero-order valence-electron chi connectivity index (χ0n) is 11.4. The molecular formula is C15H18N2O3. The van der Waals surface area contributed by atoms with E-state index in [0.29, 0.717) is 13.2 Å². The summed E-state index contributed by atoms with van der Waals surface area (Å²) in [6.45, 7) is 3.32. The molecule has 20 heavy (non-hydrogen) atoms. The maximum Gasteiger partial charge on any atom is 0.238 e. The van der Waals surface area contributed by atoms with Crippen LogP contribution in [-0.2, 0) is 11.3 Å². The lowest BCUT2D eigenvalue weighted by molar-refractivity contribution is -0.115. The number of rotatable bonds is 7. The summed E-state index contributed by atoms with van der Waals surface area (Å²) < 4.78 is 10.5. The first-order valence-corrected chi connectivity index (χ1v) is 6.53.